The number of carbonyl (C=O) groups excluding carboxylic acids is 2. The average molecular weight is 441 g/mol. The van der Waals surface area contributed by atoms with Crippen LogP contribution in [-0.4, -0.2) is 49.7 Å². The maximum absolute atomic E-state index is 12.7. The van der Waals surface area contributed by atoms with Crippen molar-refractivity contribution in [2.45, 2.75) is 26.2 Å². The molecule has 0 unspecified atom stereocenters. The molecule has 0 radical (unpaired) electrons. The average Bonchev–Trinajstić information content (AvgIpc) is 2.77. The zero-order valence-corrected chi connectivity index (χ0v) is 18.4. The minimum absolute atomic E-state index is 0.00540. The maximum atomic E-state index is 12.7. The Kier molecular flexibility index (Phi) is 7.09. The third-order valence-electron chi connectivity index (χ3n) is 5.13. The first-order chi connectivity index (χ1) is 15.1. The van der Waals surface area contributed by atoms with Gasteiger partial charge in [-0.15, -0.1) is 0 Å². The smallest absolute Gasteiger partial charge is 0.341 e. The Morgan fingerprint density at radius 2 is 1.78 bits per heavy atom. The molecule has 1 N–H and O–H groups in total. The van der Waals surface area contributed by atoms with Crippen LogP contribution in [0.25, 0.3) is 0 Å². The highest BCUT2D eigenvalue weighted by Gasteiger charge is 2.23. The normalized spacial score (nSPS) is 14.0. The van der Waals surface area contributed by atoms with Gasteiger partial charge in [-0.25, -0.2) is 4.79 Å². The number of amides is 1. The van der Waals surface area contributed by atoms with Crippen molar-refractivity contribution in [3.8, 4) is 0 Å². The van der Waals surface area contributed by atoms with Crippen LogP contribution < -0.4 is 10.2 Å². The van der Waals surface area contributed by atoms with E-state index < -0.39 is 23.4 Å². The highest BCUT2D eigenvalue weighted by atomic mass is 16.6. The molecule has 9 heteroatoms. The molecule has 1 saturated heterocycles. The van der Waals surface area contributed by atoms with Crippen molar-refractivity contribution in [1.82, 2.24) is 0 Å². The summed E-state index contributed by atoms with van der Waals surface area (Å²) in [4.78, 5) is 37.5. The molecule has 1 fully saturated rings. The van der Waals surface area contributed by atoms with Gasteiger partial charge in [-0.2, -0.15) is 0 Å². The molecule has 0 aliphatic carbocycles. The number of benzene rings is 2. The van der Waals surface area contributed by atoms with E-state index in [4.69, 9.17) is 9.47 Å². The van der Waals surface area contributed by atoms with Gasteiger partial charge in [0.15, 0.2) is 6.61 Å². The van der Waals surface area contributed by atoms with Gasteiger partial charge in [-0.05, 0) is 29.2 Å². The third-order valence-corrected chi connectivity index (χ3v) is 5.13. The Labute approximate surface area is 186 Å². The van der Waals surface area contributed by atoms with Gasteiger partial charge in [0.25, 0.3) is 11.6 Å². The zero-order valence-electron chi connectivity index (χ0n) is 18.4. The number of rotatable bonds is 6. The molecule has 9 nitrogen and oxygen atoms in total. The molecule has 170 valence electrons. The number of morpholine rings is 1. The Balaban J connectivity index is 1.67. The van der Waals surface area contributed by atoms with Gasteiger partial charge in [-0.1, -0.05) is 32.9 Å². The number of hydrogen-bond acceptors (Lipinski definition) is 7. The first kappa shape index (κ1) is 23.2. The Hall–Kier alpha value is -3.46. The third kappa shape index (κ3) is 5.82. The number of esters is 1. The molecular formula is C23H27N3O6. The topological polar surface area (TPSA) is 111 Å². The summed E-state index contributed by atoms with van der Waals surface area (Å²) in [7, 11) is 0. The highest BCUT2D eigenvalue weighted by molar-refractivity contribution is 5.99. The summed E-state index contributed by atoms with van der Waals surface area (Å²) in [6.45, 7) is 7.85. The number of ether oxygens (including phenoxy) is 2. The number of hydrogen-bond donors (Lipinski definition) is 1. The van der Waals surface area contributed by atoms with E-state index in [0.29, 0.717) is 37.7 Å². The van der Waals surface area contributed by atoms with Gasteiger partial charge in [-0.3, -0.25) is 14.9 Å². The Bertz CT molecular complexity index is 992. The highest BCUT2D eigenvalue weighted by Crippen LogP contribution is 2.27. The van der Waals surface area contributed by atoms with Crippen LogP contribution in [0.3, 0.4) is 0 Å². The lowest BCUT2D eigenvalue weighted by Crippen LogP contribution is -2.37. The molecule has 0 bridgehead atoms. The molecule has 1 amide bonds. The van der Waals surface area contributed by atoms with E-state index in [-0.39, 0.29) is 16.7 Å². The largest absolute Gasteiger partial charge is 0.452 e. The van der Waals surface area contributed by atoms with Gasteiger partial charge in [0, 0.05) is 30.9 Å². The van der Waals surface area contributed by atoms with E-state index >= 15 is 0 Å². The van der Waals surface area contributed by atoms with Crippen LogP contribution in [0.2, 0.25) is 0 Å². The van der Waals surface area contributed by atoms with E-state index in [1.165, 1.54) is 18.2 Å². The van der Waals surface area contributed by atoms with Crippen molar-refractivity contribution in [2.24, 2.45) is 0 Å². The minimum atomic E-state index is -0.798. The predicted octanol–water partition coefficient (Wildman–Crippen LogP) is 3.52. The van der Waals surface area contributed by atoms with E-state index in [9.17, 15) is 19.7 Å². The first-order valence-corrected chi connectivity index (χ1v) is 10.3. The van der Waals surface area contributed by atoms with Crippen LogP contribution in [-0.2, 0) is 19.7 Å². The van der Waals surface area contributed by atoms with Gasteiger partial charge < -0.3 is 19.7 Å². The fraction of sp³-hybridized carbons (Fsp3) is 0.391. The summed E-state index contributed by atoms with van der Waals surface area (Å²) in [5.74, 6) is -1.30. The predicted molar refractivity (Wildman–Crippen MR) is 120 cm³/mol. The second kappa shape index (κ2) is 9.78. The fourth-order valence-electron chi connectivity index (χ4n) is 3.34. The minimum Gasteiger partial charge on any atom is -0.452 e. The molecule has 0 spiro atoms. The fourth-order valence-corrected chi connectivity index (χ4v) is 3.34. The summed E-state index contributed by atoms with van der Waals surface area (Å²) in [6, 6.07) is 11.5. The molecule has 0 atom stereocenters. The number of carbonyl (C=O) groups is 2. The van der Waals surface area contributed by atoms with Crippen LogP contribution in [0.4, 0.5) is 17.1 Å². The van der Waals surface area contributed by atoms with Crippen LogP contribution in [0.15, 0.2) is 42.5 Å². The van der Waals surface area contributed by atoms with Crippen molar-refractivity contribution in [1.29, 1.82) is 0 Å². The molecule has 1 aliphatic heterocycles. The Morgan fingerprint density at radius 1 is 1.12 bits per heavy atom. The number of nitro benzene ring substituents is 1. The molecule has 1 heterocycles. The van der Waals surface area contributed by atoms with E-state index in [0.717, 1.165) is 5.56 Å². The van der Waals surface area contributed by atoms with Crippen molar-refractivity contribution >= 4 is 28.9 Å². The molecule has 2 aromatic rings. The first-order valence-electron chi connectivity index (χ1n) is 10.3. The van der Waals surface area contributed by atoms with Gasteiger partial charge >= 0.3 is 5.97 Å². The monoisotopic (exact) mass is 441 g/mol. The van der Waals surface area contributed by atoms with Gasteiger partial charge in [0.2, 0.25) is 0 Å². The summed E-state index contributed by atoms with van der Waals surface area (Å²) in [6.07, 6.45) is 0. The van der Waals surface area contributed by atoms with E-state index in [1.54, 1.807) is 12.1 Å². The van der Waals surface area contributed by atoms with Gasteiger partial charge in [0.05, 0.1) is 29.4 Å². The number of anilines is 2. The SMILES string of the molecule is CC(C)(C)c1ccc(NC(=O)COC(=O)c2cc([N+](=O)[O-])ccc2N2CCOCC2)cc1. The lowest BCUT2D eigenvalue weighted by atomic mass is 9.87. The second-order valence-electron chi connectivity index (χ2n) is 8.51. The maximum Gasteiger partial charge on any atom is 0.341 e. The number of non-ortho nitro benzene ring substituents is 1. The molecule has 2 aromatic carbocycles. The van der Waals surface area contributed by atoms with Crippen molar-refractivity contribution in [3.05, 3.63) is 63.7 Å². The molecule has 0 saturated carbocycles. The lowest BCUT2D eigenvalue weighted by molar-refractivity contribution is -0.384. The summed E-state index contributed by atoms with van der Waals surface area (Å²) in [5.41, 5.74) is 2.05. The van der Waals surface area contributed by atoms with Crippen molar-refractivity contribution in [3.63, 3.8) is 0 Å². The molecule has 0 aromatic heterocycles. The number of nitrogens with one attached hydrogen (secondary N) is 1. The number of nitrogens with zero attached hydrogens (tertiary/aromatic N) is 2. The van der Waals surface area contributed by atoms with Crippen LogP contribution in [0.1, 0.15) is 36.7 Å². The quantitative estimate of drug-likeness (QED) is 0.415. The van der Waals surface area contributed by atoms with E-state index in [1.807, 2.05) is 17.0 Å². The van der Waals surface area contributed by atoms with Crippen LogP contribution >= 0.6 is 0 Å². The standard InChI is InChI=1S/C23H27N3O6/c1-23(2,3)16-4-6-17(7-5-16)24-21(27)15-32-22(28)19-14-18(26(29)30)8-9-20(19)25-10-12-31-13-11-25/h4-9,14H,10-13,15H2,1-3H3,(H,24,27). The summed E-state index contributed by atoms with van der Waals surface area (Å²) in [5, 5.41) is 13.9. The second-order valence-corrected chi connectivity index (χ2v) is 8.51. The molecule has 3 rings (SSSR count). The zero-order chi connectivity index (χ0) is 23.3. The van der Waals surface area contributed by atoms with Crippen molar-refractivity contribution in [2.75, 3.05) is 43.1 Å². The lowest BCUT2D eigenvalue weighted by Gasteiger charge is -2.30. The summed E-state index contributed by atoms with van der Waals surface area (Å²) >= 11 is 0. The van der Waals surface area contributed by atoms with Crippen LogP contribution in [0.5, 0.6) is 0 Å². The summed E-state index contributed by atoms with van der Waals surface area (Å²) < 4.78 is 10.5. The number of nitro groups is 1. The van der Waals surface area contributed by atoms with Crippen LogP contribution in [0, 0.1) is 10.1 Å². The van der Waals surface area contributed by atoms with E-state index in [2.05, 4.69) is 26.1 Å². The van der Waals surface area contributed by atoms with Crippen molar-refractivity contribution < 1.29 is 24.0 Å². The molecular weight excluding hydrogens is 414 g/mol. The molecule has 32 heavy (non-hydrogen) atoms. The molecule has 1 aliphatic rings. The Morgan fingerprint density at radius 3 is 2.38 bits per heavy atom. The van der Waals surface area contributed by atoms with Gasteiger partial charge in [0.1, 0.15) is 0 Å².